The summed E-state index contributed by atoms with van der Waals surface area (Å²) in [5, 5.41) is 2.62. The van der Waals surface area contributed by atoms with Crippen LogP contribution in [0.25, 0.3) is 10.9 Å². The van der Waals surface area contributed by atoms with Crippen LogP contribution in [0.3, 0.4) is 0 Å². The van der Waals surface area contributed by atoms with Crippen LogP contribution >= 0.6 is 11.3 Å². The van der Waals surface area contributed by atoms with Crippen LogP contribution in [0, 0.1) is 12.7 Å². The third kappa shape index (κ3) is 3.77. The standard InChI is InChI=1S/C29H29FN2O3S/c1-17-20-11-12-31(25(22(20)16-36-17)13-18-7-10-26(34-2)27(14-18)35-3)29(33)21-15-32(19-8-9-19)24-6-4-5-23(30)28(21)24/h4-7,10,14-16,19,25H,8-9,11-13H2,1-3H3. The average Bonchev–Trinajstić information content (AvgIpc) is 3.56. The number of carbonyl (C=O) groups excluding carboxylic acids is 1. The lowest BCUT2D eigenvalue weighted by atomic mass is 9.90. The quantitative estimate of drug-likeness (QED) is 0.302. The Morgan fingerprint density at radius 1 is 1.14 bits per heavy atom. The van der Waals surface area contributed by atoms with Crippen LogP contribution in [-0.2, 0) is 12.8 Å². The minimum absolute atomic E-state index is 0.107. The highest BCUT2D eigenvalue weighted by Crippen LogP contribution is 2.42. The van der Waals surface area contributed by atoms with Crippen LogP contribution in [0.4, 0.5) is 4.39 Å². The summed E-state index contributed by atoms with van der Waals surface area (Å²) in [6.07, 6.45) is 5.46. The second-order valence-electron chi connectivity index (χ2n) is 9.70. The van der Waals surface area contributed by atoms with Gasteiger partial charge in [-0.2, -0.15) is 0 Å². The lowest BCUT2D eigenvalue weighted by molar-refractivity contribution is 0.0662. The minimum atomic E-state index is -0.337. The Morgan fingerprint density at radius 2 is 1.94 bits per heavy atom. The van der Waals surface area contributed by atoms with Crippen molar-refractivity contribution in [1.29, 1.82) is 0 Å². The molecule has 1 amide bonds. The summed E-state index contributed by atoms with van der Waals surface area (Å²) in [6.45, 7) is 2.75. The zero-order valence-corrected chi connectivity index (χ0v) is 21.5. The number of hydrogen-bond acceptors (Lipinski definition) is 4. The number of aromatic nitrogens is 1. The van der Waals surface area contributed by atoms with Crippen molar-refractivity contribution < 1.29 is 18.7 Å². The molecule has 1 aliphatic heterocycles. The molecule has 2 aromatic carbocycles. The zero-order chi connectivity index (χ0) is 25.0. The predicted molar refractivity (Wildman–Crippen MR) is 140 cm³/mol. The number of halogens is 1. The van der Waals surface area contributed by atoms with Crippen molar-refractivity contribution in [2.24, 2.45) is 0 Å². The van der Waals surface area contributed by atoms with E-state index in [1.165, 1.54) is 22.1 Å². The maximum atomic E-state index is 15.1. The molecule has 36 heavy (non-hydrogen) atoms. The summed E-state index contributed by atoms with van der Waals surface area (Å²) in [5.41, 5.74) is 4.85. The van der Waals surface area contributed by atoms with Gasteiger partial charge in [-0.25, -0.2) is 4.39 Å². The van der Waals surface area contributed by atoms with E-state index in [2.05, 4.69) is 16.9 Å². The molecule has 0 N–H and O–H groups in total. The number of hydrogen-bond donors (Lipinski definition) is 0. The van der Waals surface area contributed by atoms with Gasteiger partial charge < -0.3 is 18.9 Å². The highest BCUT2D eigenvalue weighted by molar-refractivity contribution is 7.10. The van der Waals surface area contributed by atoms with Crippen LogP contribution in [0.2, 0.25) is 0 Å². The molecule has 5 nitrogen and oxygen atoms in total. The fraction of sp³-hybridized carbons (Fsp3) is 0.345. The summed E-state index contributed by atoms with van der Waals surface area (Å²) >= 11 is 1.73. The highest BCUT2D eigenvalue weighted by atomic mass is 32.1. The Balaban J connectivity index is 1.42. The van der Waals surface area contributed by atoms with Gasteiger partial charge in [0.05, 0.1) is 31.3 Å². The molecule has 0 spiro atoms. The first kappa shape index (κ1) is 23.1. The fourth-order valence-corrected chi connectivity index (χ4v) is 6.55. The van der Waals surface area contributed by atoms with E-state index in [4.69, 9.17) is 9.47 Å². The number of benzene rings is 2. The van der Waals surface area contributed by atoms with E-state index < -0.39 is 0 Å². The molecular formula is C29H29FN2O3S. The van der Waals surface area contributed by atoms with E-state index in [0.29, 0.717) is 41.5 Å². The monoisotopic (exact) mass is 504 g/mol. The third-order valence-electron chi connectivity index (χ3n) is 7.59. The topological polar surface area (TPSA) is 43.7 Å². The van der Waals surface area contributed by atoms with Crippen molar-refractivity contribution in [3.05, 3.63) is 80.9 Å². The van der Waals surface area contributed by atoms with Crippen molar-refractivity contribution >= 4 is 28.1 Å². The number of carbonyl (C=O) groups is 1. The number of rotatable bonds is 6. The smallest absolute Gasteiger partial charge is 0.256 e. The third-order valence-corrected chi connectivity index (χ3v) is 8.56. The Hall–Kier alpha value is -3.32. The summed E-state index contributed by atoms with van der Waals surface area (Å²) in [5.74, 6) is 0.897. The molecule has 1 aliphatic carbocycles. The van der Waals surface area contributed by atoms with Gasteiger partial charge in [0, 0.05) is 29.0 Å². The van der Waals surface area contributed by atoms with Gasteiger partial charge in [0.1, 0.15) is 5.82 Å². The maximum Gasteiger partial charge on any atom is 0.256 e. The number of thiophene rings is 1. The molecular weight excluding hydrogens is 475 g/mol. The normalized spacial score (nSPS) is 17.3. The summed E-state index contributed by atoms with van der Waals surface area (Å²) in [4.78, 5) is 17.4. The predicted octanol–water partition coefficient (Wildman–Crippen LogP) is 6.48. The first-order valence-corrected chi connectivity index (χ1v) is 13.3. The van der Waals surface area contributed by atoms with Gasteiger partial charge in [0.2, 0.25) is 0 Å². The molecule has 4 aromatic rings. The van der Waals surface area contributed by atoms with Crippen LogP contribution in [-0.4, -0.2) is 36.1 Å². The van der Waals surface area contributed by atoms with Crippen LogP contribution in [0.5, 0.6) is 11.5 Å². The van der Waals surface area contributed by atoms with E-state index in [9.17, 15) is 4.79 Å². The van der Waals surface area contributed by atoms with Gasteiger partial charge in [-0.05, 0) is 78.9 Å². The number of amides is 1. The molecule has 3 heterocycles. The SMILES string of the molecule is COc1ccc(CC2c3csc(C)c3CCN2C(=O)c2cn(C3CC3)c3cccc(F)c23)cc1OC. The second-order valence-corrected chi connectivity index (χ2v) is 10.8. The Morgan fingerprint density at radius 3 is 2.69 bits per heavy atom. The Kier molecular flexibility index (Phi) is 5.75. The van der Waals surface area contributed by atoms with E-state index in [1.807, 2.05) is 35.4 Å². The molecule has 2 aromatic heterocycles. The number of methoxy groups -OCH3 is 2. The van der Waals surface area contributed by atoms with E-state index in [0.717, 1.165) is 30.3 Å². The number of nitrogens with zero attached hydrogens (tertiary/aromatic N) is 2. The van der Waals surface area contributed by atoms with E-state index in [-0.39, 0.29) is 17.8 Å². The lowest BCUT2D eigenvalue weighted by Crippen LogP contribution is -2.40. The molecule has 2 aliphatic rings. The van der Waals surface area contributed by atoms with Crippen LogP contribution in [0.1, 0.15) is 56.9 Å². The summed E-state index contributed by atoms with van der Waals surface area (Å²) < 4.78 is 28.1. The van der Waals surface area contributed by atoms with Crippen molar-refractivity contribution in [2.75, 3.05) is 20.8 Å². The molecule has 1 fully saturated rings. The Labute approximate surface area is 214 Å². The van der Waals surface area contributed by atoms with Gasteiger partial charge in [0.25, 0.3) is 5.91 Å². The number of fused-ring (bicyclic) bond motifs is 2. The molecule has 1 unspecified atom stereocenters. The molecule has 1 saturated carbocycles. The largest absolute Gasteiger partial charge is 0.493 e. The van der Waals surface area contributed by atoms with Crippen molar-refractivity contribution in [2.45, 2.75) is 44.7 Å². The Bertz CT molecular complexity index is 1470. The van der Waals surface area contributed by atoms with E-state index >= 15 is 4.39 Å². The van der Waals surface area contributed by atoms with Crippen LogP contribution in [0.15, 0.2) is 48.0 Å². The van der Waals surface area contributed by atoms with Crippen molar-refractivity contribution in [3.8, 4) is 11.5 Å². The number of ether oxygens (including phenoxy) is 2. The summed E-state index contributed by atoms with van der Waals surface area (Å²) in [6, 6.07) is 11.2. The lowest BCUT2D eigenvalue weighted by Gasteiger charge is -2.36. The fourth-order valence-electron chi connectivity index (χ4n) is 5.59. The molecule has 0 bridgehead atoms. The van der Waals surface area contributed by atoms with Gasteiger partial charge in [-0.3, -0.25) is 4.79 Å². The van der Waals surface area contributed by atoms with Gasteiger partial charge in [0.15, 0.2) is 11.5 Å². The van der Waals surface area contributed by atoms with Crippen molar-refractivity contribution in [3.63, 3.8) is 0 Å². The van der Waals surface area contributed by atoms with Gasteiger partial charge in [-0.1, -0.05) is 12.1 Å². The first-order valence-electron chi connectivity index (χ1n) is 12.4. The number of aryl methyl sites for hydroxylation is 1. The zero-order valence-electron chi connectivity index (χ0n) is 20.7. The molecule has 7 heteroatoms. The first-order chi connectivity index (χ1) is 17.5. The van der Waals surface area contributed by atoms with Crippen molar-refractivity contribution in [1.82, 2.24) is 9.47 Å². The van der Waals surface area contributed by atoms with Gasteiger partial charge >= 0.3 is 0 Å². The molecule has 1 atom stereocenters. The highest BCUT2D eigenvalue weighted by Gasteiger charge is 2.36. The molecule has 186 valence electrons. The second kappa shape index (κ2) is 8.96. The maximum absolute atomic E-state index is 15.1. The molecule has 0 radical (unpaired) electrons. The van der Waals surface area contributed by atoms with Gasteiger partial charge in [-0.15, -0.1) is 11.3 Å². The van der Waals surface area contributed by atoms with Crippen LogP contribution < -0.4 is 9.47 Å². The minimum Gasteiger partial charge on any atom is -0.493 e. The average molecular weight is 505 g/mol. The molecule has 0 saturated heterocycles. The molecule has 6 rings (SSSR count). The summed E-state index contributed by atoms with van der Waals surface area (Å²) in [7, 11) is 3.25. The van der Waals surface area contributed by atoms with E-state index in [1.54, 1.807) is 31.6 Å².